The lowest BCUT2D eigenvalue weighted by Crippen LogP contribution is -2.30. The number of nitrogens with one attached hydrogen (secondary N) is 1. The van der Waals surface area contributed by atoms with Gasteiger partial charge in [-0.05, 0) is 50.1 Å². The van der Waals surface area contributed by atoms with E-state index < -0.39 is 0 Å². The normalized spacial score (nSPS) is 17.4. The Morgan fingerprint density at radius 1 is 1.40 bits per heavy atom. The molecule has 0 saturated carbocycles. The van der Waals surface area contributed by atoms with Crippen molar-refractivity contribution in [3.8, 4) is 6.07 Å². The number of hydrogen-bond acceptors (Lipinski definition) is 4. The average Bonchev–Trinajstić information content (AvgIpc) is 3.29. The molecule has 0 aliphatic carbocycles. The van der Waals surface area contributed by atoms with Crippen molar-refractivity contribution in [2.24, 2.45) is 5.92 Å². The van der Waals surface area contributed by atoms with Crippen LogP contribution >= 0.6 is 0 Å². The molecular weight excluding hydrogens is 314 g/mol. The number of nitriles is 1. The lowest BCUT2D eigenvalue weighted by Gasteiger charge is -2.15. The summed E-state index contributed by atoms with van der Waals surface area (Å²) in [4.78, 5) is 14.6. The summed E-state index contributed by atoms with van der Waals surface area (Å²) in [6.45, 7) is 6.62. The third kappa shape index (κ3) is 4.46. The van der Waals surface area contributed by atoms with Gasteiger partial charge < -0.3 is 5.32 Å². The summed E-state index contributed by atoms with van der Waals surface area (Å²) < 4.78 is 1.95. The fourth-order valence-electron chi connectivity index (χ4n) is 3.18. The molecule has 1 saturated heterocycles. The van der Waals surface area contributed by atoms with E-state index in [1.807, 2.05) is 10.9 Å². The van der Waals surface area contributed by atoms with E-state index in [4.69, 9.17) is 5.26 Å². The van der Waals surface area contributed by atoms with Crippen LogP contribution in [-0.4, -0.2) is 40.2 Å². The van der Waals surface area contributed by atoms with Gasteiger partial charge in [0, 0.05) is 43.5 Å². The summed E-state index contributed by atoms with van der Waals surface area (Å²) in [5, 5.41) is 16.1. The van der Waals surface area contributed by atoms with Crippen molar-refractivity contribution < 1.29 is 4.79 Å². The number of hydrogen-bond donors (Lipinski definition) is 1. The summed E-state index contributed by atoms with van der Waals surface area (Å²) in [6.07, 6.45) is 5.12. The fourth-order valence-corrected chi connectivity index (χ4v) is 3.18. The number of nitrogens with zero attached hydrogens (tertiary/aromatic N) is 4. The molecule has 1 atom stereocenters. The Hall–Kier alpha value is -2.65. The third-order valence-electron chi connectivity index (χ3n) is 4.61. The van der Waals surface area contributed by atoms with Gasteiger partial charge in [0.1, 0.15) is 0 Å². The van der Waals surface area contributed by atoms with Crippen molar-refractivity contribution in [2.75, 3.05) is 19.6 Å². The Morgan fingerprint density at radius 3 is 2.88 bits per heavy atom. The molecule has 0 bridgehead atoms. The molecule has 6 heteroatoms. The Labute approximate surface area is 148 Å². The minimum Gasteiger partial charge on any atom is -0.352 e. The van der Waals surface area contributed by atoms with Crippen LogP contribution < -0.4 is 5.32 Å². The molecule has 1 amide bonds. The van der Waals surface area contributed by atoms with Gasteiger partial charge in [0.05, 0.1) is 17.8 Å². The number of carbonyl (C=O) groups is 1. The number of amides is 1. The molecule has 1 aromatic heterocycles. The minimum absolute atomic E-state index is 0.0767. The van der Waals surface area contributed by atoms with Crippen molar-refractivity contribution in [1.29, 1.82) is 5.26 Å². The van der Waals surface area contributed by atoms with Gasteiger partial charge in [-0.25, -0.2) is 0 Å². The van der Waals surface area contributed by atoms with Crippen molar-refractivity contribution in [3.63, 3.8) is 0 Å². The number of benzene rings is 1. The predicted octanol–water partition coefficient (Wildman–Crippen LogP) is 2.03. The molecule has 1 N–H and O–H groups in total. The zero-order valence-corrected chi connectivity index (χ0v) is 14.5. The minimum atomic E-state index is -0.0767. The van der Waals surface area contributed by atoms with E-state index >= 15 is 0 Å². The smallest absolute Gasteiger partial charge is 0.251 e. The lowest BCUT2D eigenvalue weighted by molar-refractivity contribution is 0.0947. The van der Waals surface area contributed by atoms with Gasteiger partial charge in [-0.3, -0.25) is 14.4 Å². The van der Waals surface area contributed by atoms with Crippen LogP contribution in [0.5, 0.6) is 0 Å². The second-order valence-corrected chi connectivity index (χ2v) is 6.49. The molecule has 0 spiro atoms. The molecular formula is C19H23N5O. The molecule has 130 valence electrons. The van der Waals surface area contributed by atoms with E-state index in [1.54, 1.807) is 24.3 Å². The van der Waals surface area contributed by atoms with Crippen LogP contribution in [0.3, 0.4) is 0 Å². The van der Waals surface area contributed by atoms with E-state index in [0.29, 0.717) is 23.6 Å². The molecule has 0 unspecified atom stereocenters. The molecule has 1 aliphatic heterocycles. The number of likely N-dealkylation sites (tertiary alicyclic amines) is 1. The van der Waals surface area contributed by atoms with Gasteiger partial charge in [-0.2, -0.15) is 10.4 Å². The van der Waals surface area contributed by atoms with E-state index in [1.165, 1.54) is 5.56 Å². The van der Waals surface area contributed by atoms with Crippen molar-refractivity contribution in [3.05, 3.63) is 53.3 Å². The molecule has 1 aliphatic rings. The van der Waals surface area contributed by atoms with Crippen LogP contribution in [-0.2, 0) is 13.1 Å². The van der Waals surface area contributed by atoms with Gasteiger partial charge in [0.25, 0.3) is 5.91 Å². The fraction of sp³-hybridized carbons (Fsp3) is 0.421. The van der Waals surface area contributed by atoms with Crippen LogP contribution in [0.15, 0.2) is 36.7 Å². The first-order chi connectivity index (χ1) is 12.2. The zero-order valence-electron chi connectivity index (χ0n) is 14.5. The zero-order chi connectivity index (χ0) is 17.6. The highest BCUT2D eigenvalue weighted by Crippen LogP contribution is 2.18. The molecule has 2 heterocycles. The van der Waals surface area contributed by atoms with E-state index in [2.05, 4.69) is 34.5 Å². The SMILES string of the molecule is CCn1cc(CN2CC[C@@H](CNC(=O)c3ccc(C#N)cc3)C2)cn1. The first-order valence-electron chi connectivity index (χ1n) is 8.70. The van der Waals surface area contributed by atoms with Crippen LogP contribution in [0.25, 0.3) is 0 Å². The van der Waals surface area contributed by atoms with Crippen molar-refractivity contribution in [2.45, 2.75) is 26.4 Å². The Morgan fingerprint density at radius 2 is 2.20 bits per heavy atom. The van der Waals surface area contributed by atoms with E-state index in [0.717, 1.165) is 32.6 Å². The molecule has 6 nitrogen and oxygen atoms in total. The van der Waals surface area contributed by atoms with Gasteiger partial charge in [0.15, 0.2) is 0 Å². The molecule has 3 rings (SSSR count). The quantitative estimate of drug-likeness (QED) is 0.875. The highest BCUT2D eigenvalue weighted by atomic mass is 16.1. The Bertz CT molecular complexity index is 759. The molecule has 0 radical (unpaired) electrons. The lowest BCUT2D eigenvalue weighted by atomic mass is 10.1. The molecule has 1 aromatic carbocycles. The highest BCUT2D eigenvalue weighted by molar-refractivity contribution is 5.94. The second kappa shape index (κ2) is 7.95. The topological polar surface area (TPSA) is 73.9 Å². The summed E-state index contributed by atoms with van der Waals surface area (Å²) >= 11 is 0. The average molecular weight is 337 g/mol. The van der Waals surface area contributed by atoms with Crippen LogP contribution in [0.4, 0.5) is 0 Å². The summed E-state index contributed by atoms with van der Waals surface area (Å²) in [6, 6.07) is 8.78. The number of rotatable bonds is 6. The number of aromatic nitrogens is 2. The Balaban J connectivity index is 1.44. The van der Waals surface area contributed by atoms with E-state index in [9.17, 15) is 4.79 Å². The van der Waals surface area contributed by atoms with Gasteiger partial charge in [-0.1, -0.05) is 0 Å². The monoisotopic (exact) mass is 337 g/mol. The second-order valence-electron chi connectivity index (χ2n) is 6.49. The van der Waals surface area contributed by atoms with Gasteiger partial charge in [0.2, 0.25) is 0 Å². The largest absolute Gasteiger partial charge is 0.352 e. The first kappa shape index (κ1) is 17.2. The first-order valence-corrected chi connectivity index (χ1v) is 8.70. The maximum atomic E-state index is 12.2. The number of carbonyl (C=O) groups excluding carboxylic acids is 1. The molecule has 2 aromatic rings. The van der Waals surface area contributed by atoms with Crippen LogP contribution in [0.2, 0.25) is 0 Å². The van der Waals surface area contributed by atoms with Gasteiger partial charge in [-0.15, -0.1) is 0 Å². The maximum absolute atomic E-state index is 12.2. The van der Waals surface area contributed by atoms with Crippen LogP contribution in [0.1, 0.15) is 34.8 Å². The standard InChI is InChI=1S/C19H23N5O/c1-2-24-14-17(11-22-24)13-23-8-7-16(12-23)10-21-19(25)18-5-3-15(9-20)4-6-18/h3-6,11,14,16H,2,7-8,10,12-13H2,1H3,(H,21,25)/t16-/m0/s1. The number of aryl methyl sites for hydroxylation is 1. The predicted molar refractivity (Wildman–Crippen MR) is 94.8 cm³/mol. The maximum Gasteiger partial charge on any atom is 0.251 e. The van der Waals surface area contributed by atoms with Crippen LogP contribution in [0, 0.1) is 17.2 Å². The summed E-state index contributed by atoms with van der Waals surface area (Å²) in [5.41, 5.74) is 2.40. The molecule has 1 fully saturated rings. The highest BCUT2D eigenvalue weighted by Gasteiger charge is 2.23. The molecule has 25 heavy (non-hydrogen) atoms. The van der Waals surface area contributed by atoms with Gasteiger partial charge >= 0.3 is 0 Å². The van der Waals surface area contributed by atoms with Crippen molar-refractivity contribution in [1.82, 2.24) is 20.0 Å². The summed E-state index contributed by atoms with van der Waals surface area (Å²) in [5.74, 6) is 0.399. The van der Waals surface area contributed by atoms with Crippen molar-refractivity contribution >= 4 is 5.91 Å². The summed E-state index contributed by atoms with van der Waals surface area (Å²) in [7, 11) is 0. The Kier molecular flexibility index (Phi) is 5.46. The third-order valence-corrected chi connectivity index (χ3v) is 4.61. The van der Waals surface area contributed by atoms with E-state index in [-0.39, 0.29) is 5.91 Å².